The molecular formula is C12H24N2O4S. The minimum Gasteiger partial charge on any atom is -0.481 e. The number of nitrogens with zero attached hydrogens (tertiary/aromatic N) is 1. The van der Waals surface area contributed by atoms with Gasteiger partial charge in [-0.25, -0.2) is 0 Å². The number of carbonyl (C=O) groups is 1. The molecule has 0 aromatic heterocycles. The zero-order valence-electron chi connectivity index (χ0n) is 11.6. The average molecular weight is 292 g/mol. The van der Waals surface area contributed by atoms with Crippen LogP contribution in [0.2, 0.25) is 0 Å². The van der Waals surface area contributed by atoms with Crippen LogP contribution in [0.25, 0.3) is 0 Å². The first-order valence-corrected chi connectivity index (χ1v) is 8.28. The largest absolute Gasteiger partial charge is 0.481 e. The molecule has 0 radical (unpaired) electrons. The second-order valence-corrected chi connectivity index (χ2v) is 6.99. The molecule has 1 saturated heterocycles. The fourth-order valence-corrected chi connectivity index (χ4v) is 3.74. The molecule has 7 heteroatoms. The lowest BCUT2D eigenvalue weighted by molar-refractivity contribution is -0.137. The van der Waals surface area contributed by atoms with Gasteiger partial charge in [0.1, 0.15) is 0 Å². The van der Waals surface area contributed by atoms with Gasteiger partial charge in [0.05, 0.1) is 6.42 Å². The molecule has 1 aliphatic rings. The van der Waals surface area contributed by atoms with E-state index in [1.807, 2.05) is 6.92 Å². The molecule has 0 aromatic rings. The molecule has 0 bridgehead atoms. The second-order valence-electron chi connectivity index (χ2n) is 5.29. The van der Waals surface area contributed by atoms with Gasteiger partial charge in [0.25, 0.3) is 10.2 Å². The maximum atomic E-state index is 12.2. The molecule has 1 heterocycles. The Bertz CT molecular complexity index is 389. The van der Waals surface area contributed by atoms with E-state index in [4.69, 9.17) is 5.11 Å². The van der Waals surface area contributed by atoms with Crippen LogP contribution >= 0.6 is 0 Å². The predicted octanol–water partition coefficient (Wildman–Crippen LogP) is 1.20. The van der Waals surface area contributed by atoms with Crippen molar-refractivity contribution in [3.05, 3.63) is 0 Å². The molecule has 2 N–H and O–H groups in total. The van der Waals surface area contributed by atoms with Crippen LogP contribution in [0.15, 0.2) is 0 Å². The van der Waals surface area contributed by atoms with Gasteiger partial charge in [-0.15, -0.1) is 0 Å². The lowest BCUT2D eigenvalue weighted by Gasteiger charge is -2.30. The van der Waals surface area contributed by atoms with E-state index in [9.17, 15) is 13.2 Å². The van der Waals surface area contributed by atoms with Crippen LogP contribution in [0.3, 0.4) is 0 Å². The number of hydrogen-bond donors (Lipinski definition) is 2. The van der Waals surface area contributed by atoms with Crippen molar-refractivity contribution in [2.45, 2.75) is 52.0 Å². The summed E-state index contributed by atoms with van der Waals surface area (Å²) in [5.41, 5.74) is 0. The molecule has 1 atom stereocenters. The van der Waals surface area contributed by atoms with Gasteiger partial charge in [0.2, 0.25) is 0 Å². The van der Waals surface area contributed by atoms with Crippen LogP contribution in [0, 0.1) is 5.92 Å². The average Bonchev–Trinajstić information content (AvgIpc) is 2.28. The summed E-state index contributed by atoms with van der Waals surface area (Å²) >= 11 is 0. The summed E-state index contributed by atoms with van der Waals surface area (Å²) < 4.78 is 28.3. The van der Waals surface area contributed by atoms with Crippen molar-refractivity contribution >= 4 is 16.2 Å². The summed E-state index contributed by atoms with van der Waals surface area (Å²) in [5, 5.41) is 8.80. The standard InChI is InChI=1S/C12H24N2O4S/c1-3-4-11(9-12(15)16)13-19(17,18)14-7-5-10(2)6-8-14/h10-11,13H,3-9H2,1-2H3,(H,15,16). The Morgan fingerprint density at radius 3 is 2.47 bits per heavy atom. The molecule has 6 nitrogen and oxygen atoms in total. The Kier molecular flexibility index (Phi) is 6.22. The Hall–Kier alpha value is -0.660. The third-order valence-electron chi connectivity index (χ3n) is 3.46. The van der Waals surface area contributed by atoms with Gasteiger partial charge in [0.15, 0.2) is 0 Å². The Morgan fingerprint density at radius 1 is 1.42 bits per heavy atom. The summed E-state index contributed by atoms with van der Waals surface area (Å²) in [7, 11) is -3.55. The zero-order valence-corrected chi connectivity index (χ0v) is 12.4. The first kappa shape index (κ1) is 16.4. The summed E-state index contributed by atoms with van der Waals surface area (Å²) in [6.45, 7) is 5.05. The Morgan fingerprint density at radius 2 is 2.00 bits per heavy atom. The lowest BCUT2D eigenvalue weighted by Crippen LogP contribution is -2.48. The quantitative estimate of drug-likeness (QED) is 0.738. The number of carboxylic acids is 1. The van der Waals surface area contributed by atoms with Crippen molar-refractivity contribution in [3.8, 4) is 0 Å². The highest BCUT2D eigenvalue weighted by molar-refractivity contribution is 7.87. The molecule has 0 amide bonds. The molecule has 1 unspecified atom stereocenters. The molecule has 112 valence electrons. The van der Waals surface area contributed by atoms with Crippen LogP contribution in [0.5, 0.6) is 0 Å². The van der Waals surface area contributed by atoms with E-state index in [2.05, 4.69) is 11.6 Å². The number of carboxylic acid groups (broad SMARTS) is 1. The third-order valence-corrected chi connectivity index (χ3v) is 5.13. The first-order valence-electron chi connectivity index (χ1n) is 6.84. The highest BCUT2D eigenvalue weighted by Gasteiger charge is 2.28. The van der Waals surface area contributed by atoms with E-state index in [0.29, 0.717) is 25.4 Å². The maximum absolute atomic E-state index is 12.2. The normalized spacial score (nSPS) is 20.3. The van der Waals surface area contributed by atoms with Crippen molar-refractivity contribution in [2.75, 3.05) is 13.1 Å². The van der Waals surface area contributed by atoms with Crippen molar-refractivity contribution in [2.24, 2.45) is 5.92 Å². The molecule has 19 heavy (non-hydrogen) atoms. The van der Waals surface area contributed by atoms with Crippen molar-refractivity contribution < 1.29 is 18.3 Å². The highest BCUT2D eigenvalue weighted by atomic mass is 32.2. The summed E-state index contributed by atoms with van der Waals surface area (Å²) in [6, 6.07) is -0.521. The number of rotatable bonds is 7. The predicted molar refractivity (Wildman–Crippen MR) is 73.0 cm³/mol. The molecular weight excluding hydrogens is 268 g/mol. The van der Waals surface area contributed by atoms with Crippen molar-refractivity contribution in [1.29, 1.82) is 0 Å². The molecule has 1 rings (SSSR count). The Labute approximate surface area is 115 Å². The van der Waals surface area contributed by atoms with E-state index in [1.165, 1.54) is 4.31 Å². The van der Waals surface area contributed by atoms with Gasteiger partial charge in [-0.2, -0.15) is 17.4 Å². The monoisotopic (exact) mass is 292 g/mol. The zero-order chi connectivity index (χ0) is 14.5. The van der Waals surface area contributed by atoms with Crippen LogP contribution in [0.4, 0.5) is 0 Å². The van der Waals surface area contributed by atoms with E-state index in [0.717, 1.165) is 19.3 Å². The summed E-state index contributed by atoms with van der Waals surface area (Å²) in [6.07, 6.45) is 2.83. The smallest absolute Gasteiger partial charge is 0.304 e. The fourth-order valence-electron chi connectivity index (χ4n) is 2.27. The second kappa shape index (κ2) is 7.21. The number of nitrogens with one attached hydrogen (secondary N) is 1. The van der Waals surface area contributed by atoms with E-state index in [-0.39, 0.29) is 6.42 Å². The van der Waals surface area contributed by atoms with Gasteiger partial charge >= 0.3 is 5.97 Å². The summed E-state index contributed by atoms with van der Waals surface area (Å²) in [5.74, 6) is -0.426. The van der Waals surface area contributed by atoms with Crippen LogP contribution in [0.1, 0.15) is 46.0 Å². The Balaban J connectivity index is 2.62. The van der Waals surface area contributed by atoms with Crippen LogP contribution in [-0.4, -0.2) is 42.9 Å². The van der Waals surface area contributed by atoms with Gasteiger partial charge in [0, 0.05) is 19.1 Å². The van der Waals surface area contributed by atoms with Crippen molar-refractivity contribution in [1.82, 2.24) is 9.03 Å². The minimum absolute atomic E-state index is 0.169. The van der Waals surface area contributed by atoms with Gasteiger partial charge in [-0.3, -0.25) is 4.79 Å². The van der Waals surface area contributed by atoms with Crippen LogP contribution < -0.4 is 4.72 Å². The third kappa shape index (κ3) is 5.46. The number of hydrogen-bond acceptors (Lipinski definition) is 3. The lowest BCUT2D eigenvalue weighted by atomic mass is 10.0. The fraction of sp³-hybridized carbons (Fsp3) is 0.917. The van der Waals surface area contributed by atoms with Gasteiger partial charge in [-0.1, -0.05) is 20.3 Å². The topological polar surface area (TPSA) is 86.7 Å². The minimum atomic E-state index is -3.55. The van der Waals surface area contributed by atoms with Gasteiger partial charge < -0.3 is 5.11 Å². The highest BCUT2D eigenvalue weighted by Crippen LogP contribution is 2.18. The SMILES string of the molecule is CCCC(CC(=O)O)NS(=O)(=O)N1CCC(C)CC1. The summed E-state index contributed by atoms with van der Waals surface area (Å²) in [4.78, 5) is 10.7. The molecule has 0 saturated carbocycles. The molecule has 1 aliphatic heterocycles. The number of piperidine rings is 1. The van der Waals surface area contributed by atoms with Crippen molar-refractivity contribution in [3.63, 3.8) is 0 Å². The first-order chi connectivity index (χ1) is 8.85. The van der Waals surface area contributed by atoms with E-state index in [1.54, 1.807) is 0 Å². The maximum Gasteiger partial charge on any atom is 0.304 e. The molecule has 0 spiro atoms. The van der Waals surface area contributed by atoms with Gasteiger partial charge in [-0.05, 0) is 25.2 Å². The molecule has 1 fully saturated rings. The van der Waals surface area contributed by atoms with Crippen LogP contribution in [-0.2, 0) is 15.0 Å². The number of aliphatic carboxylic acids is 1. The van der Waals surface area contributed by atoms with E-state index >= 15 is 0 Å². The van der Waals surface area contributed by atoms with E-state index < -0.39 is 22.2 Å². The molecule has 0 aliphatic carbocycles. The molecule has 0 aromatic carbocycles.